The summed E-state index contributed by atoms with van der Waals surface area (Å²) in [6, 6.07) is 5.74. The van der Waals surface area contributed by atoms with Crippen LogP contribution in [0, 0.1) is 0 Å². The van der Waals surface area contributed by atoms with Gasteiger partial charge in [0.1, 0.15) is 12.4 Å². The second kappa shape index (κ2) is 6.25. The highest BCUT2D eigenvalue weighted by molar-refractivity contribution is 9.08. The minimum absolute atomic E-state index is 0.476. The molecule has 3 nitrogen and oxygen atoms in total. The zero-order valence-electron chi connectivity index (χ0n) is 10.1. The fraction of sp³-hybridized carbons (Fsp3) is 0.308. The average molecular weight is 330 g/mol. The maximum atomic E-state index is 6.14. The van der Waals surface area contributed by atoms with Crippen molar-refractivity contribution in [1.82, 2.24) is 9.78 Å². The molecular formula is C13H14BrClN2O. The molecule has 0 saturated heterocycles. The molecule has 0 bridgehead atoms. The maximum Gasteiger partial charge on any atom is 0.142 e. The van der Waals surface area contributed by atoms with Crippen LogP contribution in [0.5, 0.6) is 5.75 Å². The highest BCUT2D eigenvalue weighted by Gasteiger charge is 2.08. The first-order valence-electron chi connectivity index (χ1n) is 5.72. The Bertz CT molecular complexity index is 527. The van der Waals surface area contributed by atoms with E-state index in [4.69, 9.17) is 16.3 Å². The minimum atomic E-state index is 0.476. The van der Waals surface area contributed by atoms with E-state index < -0.39 is 0 Å². The molecule has 1 heterocycles. The Balaban J connectivity index is 2.10. The molecule has 0 aliphatic carbocycles. The number of aryl methyl sites for hydroxylation is 1. The molecule has 0 amide bonds. The van der Waals surface area contributed by atoms with Gasteiger partial charge in [-0.25, -0.2) is 0 Å². The fourth-order valence-corrected chi connectivity index (χ4v) is 2.32. The molecule has 0 atom stereocenters. The van der Waals surface area contributed by atoms with Gasteiger partial charge in [-0.05, 0) is 13.0 Å². The summed E-state index contributed by atoms with van der Waals surface area (Å²) in [6.45, 7) is 3.39. The van der Waals surface area contributed by atoms with Crippen LogP contribution >= 0.6 is 27.5 Å². The Morgan fingerprint density at radius 2 is 2.28 bits per heavy atom. The highest BCUT2D eigenvalue weighted by Crippen LogP contribution is 2.30. The van der Waals surface area contributed by atoms with Gasteiger partial charge in [-0.2, -0.15) is 5.10 Å². The van der Waals surface area contributed by atoms with E-state index >= 15 is 0 Å². The number of para-hydroxylation sites is 1. The van der Waals surface area contributed by atoms with E-state index in [0.29, 0.717) is 11.6 Å². The van der Waals surface area contributed by atoms with Gasteiger partial charge in [-0.3, -0.25) is 4.68 Å². The first-order valence-corrected chi connectivity index (χ1v) is 7.22. The summed E-state index contributed by atoms with van der Waals surface area (Å²) in [5.74, 6) is 0.736. The smallest absolute Gasteiger partial charge is 0.142 e. The van der Waals surface area contributed by atoms with Gasteiger partial charge in [0.2, 0.25) is 0 Å². The van der Waals surface area contributed by atoms with Crippen molar-refractivity contribution in [3.8, 4) is 5.75 Å². The van der Waals surface area contributed by atoms with E-state index in [9.17, 15) is 0 Å². The van der Waals surface area contributed by atoms with E-state index in [2.05, 4.69) is 28.0 Å². The van der Waals surface area contributed by atoms with Crippen LogP contribution in [0.3, 0.4) is 0 Å². The number of alkyl halides is 1. The van der Waals surface area contributed by atoms with E-state index in [1.54, 1.807) is 0 Å². The maximum absolute atomic E-state index is 6.14. The summed E-state index contributed by atoms with van der Waals surface area (Å²) in [5.41, 5.74) is 2.09. The predicted octanol–water partition coefficient (Wildman–Crippen LogP) is 4.03. The SMILES string of the molecule is CCn1cc(COc2c(Cl)cccc2CBr)cn1. The average Bonchev–Trinajstić information content (AvgIpc) is 2.85. The quantitative estimate of drug-likeness (QED) is 0.774. The van der Waals surface area contributed by atoms with Gasteiger partial charge in [0, 0.05) is 29.2 Å². The van der Waals surface area contributed by atoms with Crippen molar-refractivity contribution in [1.29, 1.82) is 0 Å². The Morgan fingerprint density at radius 3 is 2.94 bits per heavy atom. The van der Waals surface area contributed by atoms with Crippen molar-refractivity contribution in [3.63, 3.8) is 0 Å². The molecule has 0 unspecified atom stereocenters. The molecule has 2 rings (SSSR count). The number of aromatic nitrogens is 2. The third-order valence-corrected chi connectivity index (χ3v) is 3.49. The van der Waals surface area contributed by atoms with Crippen LogP contribution in [0.15, 0.2) is 30.6 Å². The van der Waals surface area contributed by atoms with Gasteiger partial charge in [-0.1, -0.05) is 39.7 Å². The van der Waals surface area contributed by atoms with Crippen LogP contribution in [-0.2, 0) is 18.5 Å². The molecule has 0 fully saturated rings. The molecule has 0 aliphatic rings. The third kappa shape index (κ3) is 3.06. The molecule has 0 spiro atoms. The lowest BCUT2D eigenvalue weighted by molar-refractivity contribution is 0.304. The Hall–Kier alpha value is -1.00. The number of hydrogen-bond donors (Lipinski definition) is 0. The van der Waals surface area contributed by atoms with Crippen molar-refractivity contribution >= 4 is 27.5 Å². The van der Waals surface area contributed by atoms with E-state index in [0.717, 1.165) is 28.8 Å². The Labute approximate surface area is 120 Å². The van der Waals surface area contributed by atoms with Crippen molar-refractivity contribution in [3.05, 3.63) is 46.7 Å². The summed E-state index contributed by atoms with van der Waals surface area (Å²) < 4.78 is 7.66. The molecule has 2 aromatic rings. The van der Waals surface area contributed by atoms with E-state index in [1.165, 1.54) is 0 Å². The molecule has 1 aromatic heterocycles. The van der Waals surface area contributed by atoms with Gasteiger partial charge in [0.05, 0.1) is 11.2 Å². The first-order chi connectivity index (χ1) is 8.74. The van der Waals surface area contributed by atoms with Crippen LogP contribution in [-0.4, -0.2) is 9.78 Å². The zero-order chi connectivity index (χ0) is 13.0. The number of benzene rings is 1. The van der Waals surface area contributed by atoms with Gasteiger partial charge in [0.15, 0.2) is 0 Å². The summed E-state index contributed by atoms with van der Waals surface area (Å²) in [7, 11) is 0. The normalized spacial score (nSPS) is 10.6. The molecule has 0 saturated carbocycles. The van der Waals surface area contributed by atoms with Crippen molar-refractivity contribution < 1.29 is 4.74 Å². The number of rotatable bonds is 5. The summed E-state index contributed by atoms with van der Waals surface area (Å²) in [5, 5.41) is 5.56. The molecule has 96 valence electrons. The van der Waals surface area contributed by atoms with Crippen LogP contribution in [0.1, 0.15) is 18.1 Å². The van der Waals surface area contributed by atoms with Gasteiger partial charge in [0.25, 0.3) is 0 Å². The summed E-state index contributed by atoms with van der Waals surface area (Å²) in [4.78, 5) is 0. The molecule has 0 N–H and O–H groups in total. The molecule has 18 heavy (non-hydrogen) atoms. The first kappa shape index (κ1) is 13.4. The zero-order valence-corrected chi connectivity index (χ0v) is 12.4. The second-order valence-electron chi connectivity index (χ2n) is 3.85. The number of hydrogen-bond acceptors (Lipinski definition) is 2. The molecule has 5 heteroatoms. The lowest BCUT2D eigenvalue weighted by Crippen LogP contribution is -1.98. The monoisotopic (exact) mass is 328 g/mol. The van der Waals surface area contributed by atoms with Crippen molar-refractivity contribution in [2.75, 3.05) is 0 Å². The lowest BCUT2D eigenvalue weighted by atomic mass is 10.2. The van der Waals surface area contributed by atoms with Crippen molar-refractivity contribution in [2.45, 2.75) is 25.4 Å². The highest BCUT2D eigenvalue weighted by atomic mass is 79.9. The number of halogens is 2. The fourth-order valence-electron chi connectivity index (χ4n) is 1.63. The number of nitrogens with zero attached hydrogens (tertiary/aromatic N) is 2. The van der Waals surface area contributed by atoms with E-state index in [1.807, 2.05) is 35.3 Å². The standard InChI is InChI=1S/C13H14BrClN2O/c1-2-17-8-10(7-16-17)9-18-13-11(6-14)4-3-5-12(13)15/h3-5,7-8H,2,6,9H2,1H3. The Morgan fingerprint density at radius 1 is 1.44 bits per heavy atom. The Kier molecular flexibility index (Phi) is 4.66. The molecule has 0 aliphatic heterocycles. The van der Waals surface area contributed by atoms with Crippen LogP contribution in [0.2, 0.25) is 5.02 Å². The van der Waals surface area contributed by atoms with E-state index in [-0.39, 0.29) is 0 Å². The summed E-state index contributed by atoms with van der Waals surface area (Å²) >= 11 is 9.57. The third-order valence-electron chi connectivity index (χ3n) is 2.59. The second-order valence-corrected chi connectivity index (χ2v) is 4.82. The minimum Gasteiger partial charge on any atom is -0.487 e. The van der Waals surface area contributed by atoms with Gasteiger partial charge in [-0.15, -0.1) is 0 Å². The topological polar surface area (TPSA) is 27.1 Å². The molecule has 0 radical (unpaired) electrons. The molecular weight excluding hydrogens is 316 g/mol. The van der Waals surface area contributed by atoms with Crippen molar-refractivity contribution in [2.24, 2.45) is 0 Å². The predicted molar refractivity (Wildman–Crippen MR) is 76.3 cm³/mol. The summed E-state index contributed by atoms with van der Waals surface area (Å²) in [6.07, 6.45) is 3.79. The van der Waals surface area contributed by atoms with Crippen LogP contribution < -0.4 is 4.74 Å². The molecule has 1 aromatic carbocycles. The largest absolute Gasteiger partial charge is 0.487 e. The lowest BCUT2D eigenvalue weighted by Gasteiger charge is -2.10. The van der Waals surface area contributed by atoms with Crippen LogP contribution in [0.25, 0.3) is 0 Å². The van der Waals surface area contributed by atoms with Gasteiger partial charge >= 0.3 is 0 Å². The van der Waals surface area contributed by atoms with Crippen LogP contribution in [0.4, 0.5) is 0 Å². The number of ether oxygens (including phenoxy) is 1. The van der Waals surface area contributed by atoms with Gasteiger partial charge < -0.3 is 4.74 Å².